The van der Waals surface area contributed by atoms with Crippen LogP contribution in [-0.2, 0) is 4.79 Å². The molecular weight excluding hydrogens is 436 g/mol. The van der Waals surface area contributed by atoms with Gasteiger partial charge in [0.15, 0.2) is 11.6 Å². The summed E-state index contributed by atoms with van der Waals surface area (Å²) in [6, 6.07) is 15.8. The second kappa shape index (κ2) is 9.51. The molecule has 4 aromatic rings. The lowest BCUT2D eigenvalue weighted by molar-refractivity contribution is -0.117. The van der Waals surface area contributed by atoms with Crippen molar-refractivity contribution < 1.29 is 9.21 Å². The van der Waals surface area contributed by atoms with Crippen molar-refractivity contribution in [1.82, 2.24) is 19.9 Å². The summed E-state index contributed by atoms with van der Waals surface area (Å²) >= 11 is 1.48. The van der Waals surface area contributed by atoms with E-state index in [0.717, 1.165) is 36.9 Å². The molecule has 4 heterocycles. The molecule has 0 unspecified atom stereocenters. The molecule has 33 heavy (non-hydrogen) atoms. The minimum Gasteiger partial charge on any atom is -0.458 e. The van der Waals surface area contributed by atoms with Gasteiger partial charge in [0.2, 0.25) is 5.91 Å². The number of aromatic nitrogens is 3. The van der Waals surface area contributed by atoms with E-state index in [2.05, 4.69) is 54.3 Å². The maximum Gasteiger partial charge on any atom is 0.239 e. The van der Waals surface area contributed by atoms with E-state index in [-0.39, 0.29) is 5.91 Å². The third kappa shape index (κ3) is 5.10. The van der Waals surface area contributed by atoms with E-state index in [4.69, 9.17) is 4.42 Å². The van der Waals surface area contributed by atoms with Gasteiger partial charge >= 0.3 is 0 Å². The minimum atomic E-state index is -0.103. The number of carbonyl (C=O) groups excluding carboxylic acids is 1. The highest BCUT2D eigenvalue weighted by atomic mass is 32.1. The second-order valence-corrected chi connectivity index (χ2v) is 8.75. The Morgan fingerprint density at radius 3 is 2.61 bits per heavy atom. The number of piperazine rings is 1. The van der Waals surface area contributed by atoms with Gasteiger partial charge in [-0.3, -0.25) is 9.69 Å². The van der Waals surface area contributed by atoms with E-state index in [0.29, 0.717) is 29.6 Å². The molecule has 1 aliphatic rings. The maximum absolute atomic E-state index is 12.8. The molecule has 1 N–H and O–H groups in total. The van der Waals surface area contributed by atoms with Crippen LogP contribution in [0.1, 0.15) is 5.76 Å². The molecule has 3 aromatic heterocycles. The zero-order valence-corrected chi connectivity index (χ0v) is 19.1. The number of hydrogen-bond donors (Lipinski definition) is 1. The molecule has 8 nitrogen and oxygen atoms in total. The van der Waals surface area contributed by atoms with E-state index < -0.39 is 0 Å². The number of amides is 1. The molecule has 1 aliphatic heterocycles. The molecular formula is C24H24N6O2S. The first-order chi connectivity index (χ1) is 16.1. The maximum atomic E-state index is 12.8. The Bertz CT molecular complexity index is 1220. The van der Waals surface area contributed by atoms with Crippen molar-refractivity contribution in [3.8, 4) is 22.3 Å². The van der Waals surface area contributed by atoms with Gasteiger partial charge in [0.1, 0.15) is 22.3 Å². The van der Waals surface area contributed by atoms with Crippen molar-refractivity contribution in [1.29, 1.82) is 0 Å². The number of hydrogen-bond acceptors (Lipinski definition) is 8. The molecule has 0 spiro atoms. The quantitative estimate of drug-likeness (QED) is 0.466. The van der Waals surface area contributed by atoms with Crippen LogP contribution in [0.2, 0.25) is 0 Å². The highest BCUT2D eigenvalue weighted by Crippen LogP contribution is 2.26. The summed E-state index contributed by atoms with van der Waals surface area (Å²) in [7, 11) is 0. The SMILES string of the molecule is Cc1ccc(-c2nc(NC(=O)CN3CCN(c4ccccc4)CC3)cc(-c3nccs3)n2)o1. The zero-order chi connectivity index (χ0) is 22.6. The Balaban J connectivity index is 1.27. The number of aryl methyl sites for hydroxylation is 1. The van der Waals surface area contributed by atoms with Crippen LogP contribution < -0.4 is 10.2 Å². The Morgan fingerprint density at radius 1 is 1.09 bits per heavy atom. The fourth-order valence-corrected chi connectivity index (χ4v) is 4.42. The van der Waals surface area contributed by atoms with E-state index in [1.807, 2.05) is 30.5 Å². The number of furan rings is 1. The number of nitrogens with zero attached hydrogens (tertiary/aromatic N) is 5. The minimum absolute atomic E-state index is 0.103. The lowest BCUT2D eigenvalue weighted by atomic mass is 10.2. The number of benzene rings is 1. The molecule has 1 fully saturated rings. The molecule has 0 aliphatic carbocycles. The van der Waals surface area contributed by atoms with Crippen LogP contribution in [0.3, 0.4) is 0 Å². The first-order valence-electron chi connectivity index (χ1n) is 10.8. The molecule has 0 atom stereocenters. The molecule has 1 amide bonds. The summed E-state index contributed by atoms with van der Waals surface area (Å²) in [5, 5.41) is 5.59. The predicted molar refractivity (Wildman–Crippen MR) is 129 cm³/mol. The van der Waals surface area contributed by atoms with Gasteiger partial charge < -0.3 is 14.6 Å². The lowest BCUT2D eigenvalue weighted by Gasteiger charge is -2.35. The van der Waals surface area contributed by atoms with E-state index in [1.54, 1.807) is 12.3 Å². The first kappa shape index (κ1) is 21.3. The van der Waals surface area contributed by atoms with Crippen LogP contribution >= 0.6 is 11.3 Å². The number of para-hydroxylation sites is 1. The Labute approximate surface area is 195 Å². The smallest absolute Gasteiger partial charge is 0.239 e. The van der Waals surface area contributed by atoms with Crippen molar-refractivity contribution in [2.24, 2.45) is 0 Å². The highest BCUT2D eigenvalue weighted by molar-refractivity contribution is 7.13. The third-order valence-electron chi connectivity index (χ3n) is 5.47. The van der Waals surface area contributed by atoms with Crippen molar-refractivity contribution in [3.63, 3.8) is 0 Å². The van der Waals surface area contributed by atoms with Crippen molar-refractivity contribution in [2.75, 3.05) is 42.9 Å². The van der Waals surface area contributed by atoms with Crippen molar-refractivity contribution in [3.05, 3.63) is 65.9 Å². The van der Waals surface area contributed by atoms with Crippen LogP contribution in [0.15, 0.2) is 64.5 Å². The van der Waals surface area contributed by atoms with Gasteiger partial charge in [-0.05, 0) is 31.2 Å². The topological polar surface area (TPSA) is 87.4 Å². The Kier molecular flexibility index (Phi) is 6.14. The van der Waals surface area contributed by atoms with Crippen molar-refractivity contribution >= 4 is 28.7 Å². The number of thiazole rings is 1. The van der Waals surface area contributed by atoms with Crippen LogP contribution in [0, 0.1) is 6.92 Å². The molecule has 0 bridgehead atoms. The average molecular weight is 461 g/mol. The Hall–Kier alpha value is -3.56. The molecule has 5 rings (SSSR count). The molecule has 9 heteroatoms. The van der Waals surface area contributed by atoms with Gasteiger partial charge in [0.05, 0.1) is 6.54 Å². The number of carbonyl (C=O) groups is 1. The standard InChI is InChI=1S/C24H24N6O2S/c1-17-7-8-20(32-17)23-26-19(24-25-9-14-33-24)15-21(28-23)27-22(31)16-29-10-12-30(13-11-29)18-5-3-2-4-6-18/h2-9,14-15H,10-13,16H2,1H3,(H,26,27,28,31). The van der Waals surface area contributed by atoms with Crippen molar-refractivity contribution in [2.45, 2.75) is 6.92 Å². The average Bonchev–Trinajstić information content (AvgIpc) is 3.52. The summed E-state index contributed by atoms with van der Waals surface area (Å²) in [6.07, 6.45) is 1.73. The summed E-state index contributed by atoms with van der Waals surface area (Å²) in [5.41, 5.74) is 1.87. The summed E-state index contributed by atoms with van der Waals surface area (Å²) in [6.45, 7) is 5.62. The monoisotopic (exact) mass is 460 g/mol. The van der Waals surface area contributed by atoms with E-state index in [1.165, 1.54) is 17.0 Å². The van der Waals surface area contributed by atoms with Gasteiger partial charge in [0, 0.05) is 49.5 Å². The van der Waals surface area contributed by atoms with Crippen LogP contribution in [0.5, 0.6) is 0 Å². The summed E-state index contributed by atoms with van der Waals surface area (Å²) < 4.78 is 5.70. The number of nitrogens with one attached hydrogen (secondary N) is 1. The third-order valence-corrected chi connectivity index (χ3v) is 6.26. The fraction of sp³-hybridized carbons (Fsp3) is 0.250. The zero-order valence-electron chi connectivity index (χ0n) is 18.3. The molecule has 1 aromatic carbocycles. The van der Waals surface area contributed by atoms with Gasteiger partial charge in [-0.1, -0.05) is 18.2 Å². The van der Waals surface area contributed by atoms with E-state index >= 15 is 0 Å². The first-order valence-corrected chi connectivity index (χ1v) is 11.7. The van der Waals surface area contributed by atoms with Gasteiger partial charge in [-0.15, -0.1) is 11.3 Å². The summed E-state index contributed by atoms with van der Waals surface area (Å²) in [5.74, 6) is 2.08. The molecule has 1 saturated heterocycles. The van der Waals surface area contributed by atoms with Crippen LogP contribution in [-0.4, -0.2) is 58.5 Å². The lowest BCUT2D eigenvalue weighted by Crippen LogP contribution is -2.48. The normalized spacial score (nSPS) is 14.4. The predicted octanol–water partition coefficient (Wildman–Crippen LogP) is 3.93. The highest BCUT2D eigenvalue weighted by Gasteiger charge is 2.20. The largest absolute Gasteiger partial charge is 0.458 e. The van der Waals surface area contributed by atoms with Gasteiger partial charge in [0.25, 0.3) is 0 Å². The Morgan fingerprint density at radius 2 is 1.91 bits per heavy atom. The molecule has 0 radical (unpaired) electrons. The van der Waals surface area contributed by atoms with Crippen LogP contribution in [0.25, 0.3) is 22.3 Å². The number of rotatable bonds is 6. The molecule has 0 saturated carbocycles. The molecule has 168 valence electrons. The van der Waals surface area contributed by atoms with Gasteiger partial charge in [-0.25, -0.2) is 15.0 Å². The van der Waals surface area contributed by atoms with E-state index in [9.17, 15) is 4.79 Å². The van der Waals surface area contributed by atoms with Gasteiger partial charge in [-0.2, -0.15) is 0 Å². The fourth-order valence-electron chi connectivity index (χ4n) is 3.82. The summed E-state index contributed by atoms with van der Waals surface area (Å²) in [4.78, 5) is 30.8. The second-order valence-electron chi connectivity index (χ2n) is 7.86. The number of anilines is 2. The van der Waals surface area contributed by atoms with Crippen LogP contribution in [0.4, 0.5) is 11.5 Å².